The van der Waals surface area contributed by atoms with Gasteiger partial charge in [0.05, 0.1) is 5.60 Å². The van der Waals surface area contributed by atoms with Crippen molar-refractivity contribution in [2.75, 3.05) is 0 Å². The van der Waals surface area contributed by atoms with E-state index in [9.17, 15) is 14.4 Å². The van der Waals surface area contributed by atoms with E-state index in [4.69, 9.17) is 4.74 Å². The minimum absolute atomic E-state index is 0. The van der Waals surface area contributed by atoms with Crippen molar-refractivity contribution in [3.8, 4) is 0 Å². The Kier molecular flexibility index (Phi) is 6.60. The van der Waals surface area contributed by atoms with Gasteiger partial charge >= 0.3 is 0 Å². The molecule has 0 aromatic carbocycles. The standard InChI is InChI=1S/C11H18O4.Ti/c1-7(12)11(8(2)13,9(3)14)15-10(4,5)6;/h1-6H3;. The molecule has 0 aliphatic rings. The average molecular weight is 262 g/mol. The summed E-state index contributed by atoms with van der Waals surface area (Å²) >= 11 is 0. The maximum Gasteiger partial charge on any atom is 0.242 e. The van der Waals surface area contributed by atoms with Crippen LogP contribution >= 0.6 is 0 Å². The van der Waals surface area contributed by atoms with Crippen molar-refractivity contribution in [3.05, 3.63) is 0 Å². The van der Waals surface area contributed by atoms with Gasteiger partial charge in [0.25, 0.3) is 0 Å². The van der Waals surface area contributed by atoms with E-state index >= 15 is 0 Å². The first-order valence-electron chi connectivity index (χ1n) is 4.77. The molecule has 0 unspecified atom stereocenters. The zero-order chi connectivity index (χ0) is 12.4. The van der Waals surface area contributed by atoms with Crippen LogP contribution in [-0.2, 0) is 40.8 Å². The molecule has 0 aliphatic heterocycles. The zero-order valence-corrected chi connectivity index (χ0v) is 12.2. The van der Waals surface area contributed by atoms with Gasteiger partial charge < -0.3 is 4.74 Å². The summed E-state index contributed by atoms with van der Waals surface area (Å²) in [6, 6.07) is 0. The van der Waals surface area contributed by atoms with Crippen molar-refractivity contribution in [1.82, 2.24) is 0 Å². The Morgan fingerprint density at radius 3 is 1.12 bits per heavy atom. The molecule has 0 fully saturated rings. The predicted octanol–water partition coefficient (Wildman–Crippen LogP) is 1.30. The second kappa shape index (κ2) is 5.85. The van der Waals surface area contributed by atoms with Gasteiger partial charge in [-0.15, -0.1) is 0 Å². The molecule has 90 valence electrons. The van der Waals surface area contributed by atoms with E-state index in [2.05, 4.69) is 0 Å². The van der Waals surface area contributed by atoms with Gasteiger partial charge in [0.1, 0.15) is 0 Å². The molecule has 0 atom stereocenters. The molecule has 0 heterocycles. The number of ether oxygens (including phenoxy) is 1. The normalized spacial score (nSPS) is 11.6. The van der Waals surface area contributed by atoms with Gasteiger partial charge in [-0.2, -0.15) is 0 Å². The topological polar surface area (TPSA) is 60.4 Å². The molecular weight excluding hydrogens is 244 g/mol. The largest absolute Gasteiger partial charge is 0.347 e. The maximum atomic E-state index is 11.5. The SMILES string of the molecule is CC(=O)C(OC(C)(C)C)(C(C)=O)C(C)=O.[Ti]. The maximum absolute atomic E-state index is 11.5. The summed E-state index contributed by atoms with van der Waals surface area (Å²) in [5.74, 6) is -1.72. The van der Waals surface area contributed by atoms with Crippen LogP contribution in [0.1, 0.15) is 41.5 Å². The first-order chi connectivity index (χ1) is 6.54. The summed E-state index contributed by atoms with van der Waals surface area (Å²) in [4.78, 5) is 34.4. The van der Waals surface area contributed by atoms with Crippen LogP contribution in [0.2, 0.25) is 0 Å². The number of carbonyl (C=O) groups excluding carboxylic acids is 3. The molecule has 5 heteroatoms. The molecule has 0 amide bonds. The summed E-state index contributed by atoms with van der Waals surface area (Å²) < 4.78 is 5.36. The Balaban J connectivity index is 0. The summed E-state index contributed by atoms with van der Waals surface area (Å²) in [6.07, 6.45) is 0. The van der Waals surface area contributed by atoms with Crippen molar-refractivity contribution >= 4 is 17.3 Å². The molecule has 0 bridgehead atoms. The second-order valence-electron chi connectivity index (χ2n) is 4.56. The third-order valence-corrected chi connectivity index (χ3v) is 1.95. The monoisotopic (exact) mass is 262 g/mol. The van der Waals surface area contributed by atoms with Crippen LogP contribution in [0.3, 0.4) is 0 Å². The van der Waals surface area contributed by atoms with Crippen molar-refractivity contribution < 1.29 is 40.8 Å². The fourth-order valence-corrected chi connectivity index (χ4v) is 1.42. The van der Waals surface area contributed by atoms with E-state index in [1.54, 1.807) is 20.8 Å². The fourth-order valence-electron chi connectivity index (χ4n) is 1.42. The minimum Gasteiger partial charge on any atom is -0.347 e. The van der Waals surface area contributed by atoms with Crippen LogP contribution in [0.5, 0.6) is 0 Å². The van der Waals surface area contributed by atoms with Gasteiger partial charge in [-0.3, -0.25) is 14.4 Å². The van der Waals surface area contributed by atoms with Crippen LogP contribution < -0.4 is 0 Å². The molecule has 0 aromatic rings. The molecule has 0 rings (SSSR count). The quantitative estimate of drug-likeness (QED) is 0.566. The molecule has 0 aromatic heterocycles. The molecular formula is C11H18O4Ti. The summed E-state index contributed by atoms with van der Waals surface area (Å²) in [7, 11) is 0. The van der Waals surface area contributed by atoms with Gasteiger partial charge in [-0.25, -0.2) is 0 Å². The summed E-state index contributed by atoms with van der Waals surface area (Å²) in [5.41, 5.74) is -2.67. The Bertz CT molecular complexity index is 266. The van der Waals surface area contributed by atoms with E-state index in [-0.39, 0.29) is 21.7 Å². The van der Waals surface area contributed by atoms with Crippen LogP contribution in [0.4, 0.5) is 0 Å². The molecule has 0 saturated heterocycles. The first kappa shape index (κ1) is 18.1. The van der Waals surface area contributed by atoms with E-state index < -0.39 is 28.6 Å². The number of rotatable bonds is 4. The molecule has 0 radical (unpaired) electrons. The molecule has 0 N–H and O–H groups in total. The van der Waals surface area contributed by atoms with Crippen LogP contribution in [0.15, 0.2) is 0 Å². The predicted molar refractivity (Wildman–Crippen MR) is 55.6 cm³/mol. The number of hydrogen-bond acceptors (Lipinski definition) is 4. The number of ketones is 3. The van der Waals surface area contributed by atoms with Gasteiger partial charge in [0, 0.05) is 21.7 Å². The Morgan fingerprint density at radius 2 is 1.06 bits per heavy atom. The summed E-state index contributed by atoms with van der Waals surface area (Å²) in [6.45, 7) is 8.64. The number of Topliss-reactive ketones (excluding diaryl/α,β-unsaturated/α-hetero) is 3. The van der Waals surface area contributed by atoms with Crippen molar-refractivity contribution in [3.63, 3.8) is 0 Å². The van der Waals surface area contributed by atoms with Gasteiger partial charge in [0.15, 0.2) is 17.3 Å². The summed E-state index contributed by atoms with van der Waals surface area (Å²) in [5, 5.41) is 0. The average Bonchev–Trinajstić information content (AvgIpc) is 1.96. The molecule has 0 saturated carbocycles. The van der Waals surface area contributed by atoms with E-state index in [0.717, 1.165) is 0 Å². The smallest absolute Gasteiger partial charge is 0.242 e. The zero-order valence-electron chi connectivity index (χ0n) is 10.6. The van der Waals surface area contributed by atoms with Crippen molar-refractivity contribution in [1.29, 1.82) is 0 Å². The van der Waals surface area contributed by atoms with E-state index in [1.807, 2.05) is 0 Å². The van der Waals surface area contributed by atoms with E-state index in [1.165, 1.54) is 20.8 Å². The second-order valence-corrected chi connectivity index (χ2v) is 4.56. The minimum atomic E-state index is -1.93. The Hall–Kier alpha value is -0.316. The van der Waals surface area contributed by atoms with Crippen molar-refractivity contribution in [2.24, 2.45) is 0 Å². The van der Waals surface area contributed by atoms with Crippen LogP contribution in [-0.4, -0.2) is 28.6 Å². The molecule has 16 heavy (non-hydrogen) atoms. The van der Waals surface area contributed by atoms with Gasteiger partial charge in [-0.05, 0) is 41.5 Å². The van der Waals surface area contributed by atoms with Gasteiger partial charge in [0.2, 0.25) is 5.60 Å². The van der Waals surface area contributed by atoms with Gasteiger partial charge in [-0.1, -0.05) is 0 Å². The third kappa shape index (κ3) is 3.92. The van der Waals surface area contributed by atoms with E-state index in [0.29, 0.717) is 0 Å². The van der Waals surface area contributed by atoms with Crippen LogP contribution in [0, 0.1) is 0 Å². The fraction of sp³-hybridized carbons (Fsp3) is 0.727. The Morgan fingerprint density at radius 1 is 0.812 bits per heavy atom. The molecule has 0 aliphatic carbocycles. The van der Waals surface area contributed by atoms with Crippen LogP contribution in [0.25, 0.3) is 0 Å². The number of hydrogen-bond donors (Lipinski definition) is 0. The third-order valence-electron chi connectivity index (χ3n) is 1.95. The first-order valence-corrected chi connectivity index (χ1v) is 4.77. The number of carbonyl (C=O) groups is 3. The molecule has 0 spiro atoms. The molecule has 4 nitrogen and oxygen atoms in total. The Labute approximate surface area is 111 Å². The van der Waals surface area contributed by atoms with Crippen molar-refractivity contribution in [2.45, 2.75) is 52.7 Å².